The molecule has 4 nitrogen and oxygen atoms in total. The molecule has 0 saturated heterocycles. The molecule has 0 aromatic heterocycles. The van der Waals surface area contributed by atoms with Gasteiger partial charge >= 0.3 is 0 Å². The van der Waals surface area contributed by atoms with Crippen LogP contribution in [0.2, 0.25) is 0 Å². The van der Waals surface area contributed by atoms with Crippen LogP contribution in [0.1, 0.15) is 27.7 Å². The van der Waals surface area contributed by atoms with Gasteiger partial charge in [0.2, 0.25) is 10.1 Å². The largest absolute Gasteiger partial charge is 0.481 e. The van der Waals surface area contributed by atoms with Gasteiger partial charge in [0.05, 0.1) is 5.60 Å². The van der Waals surface area contributed by atoms with Gasteiger partial charge in [0, 0.05) is 6.92 Å². The van der Waals surface area contributed by atoms with Crippen molar-refractivity contribution in [1.29, 1.82) is 0 Å². The molecule has 0 spiro atoms. The van der Waals surface area contributed by atoms with Gasteiger partial charge in [-0.05, 0) is 20.8 Å². The maximum Gasteiger partial charge on any atom is 0.300 e. The van der Waals surface area contributed by atoms with E-state index in [0.29, 0.717) is 0 Å². The van der Waals surface area contributed by atoms with E-state index in [-0.39, 0.29) is 0 Å². The molecule has 0 amide bonds. The number of halogens is 3. The first-order valence-corrected chi connectivity index (χ1v) is 5.12. The number of alkyl halides is 3. The van der Waals surface area contributed by atoms with Gasteiger partial charge in [0.15, 0.2) is 0 Å². The Morgan fingerprint density at radius 2 is 1.53 bits per heavy atom. The summed E-state index contributed by atoms with van der Waals surface area (Å²) >= 11 is 16.0. The Kier molecular flexibility index (Phi) is 7.95. The predicted octanol–water partition coefficient (Wildman–Crippen LogP) is 2.58. The van der Waals surface area contributed by atoms with Crippen molar-refractivity contribution in [2.75, 3.05) is 0 Å². The second-order valence-corrected chi connectivity index (χ2v) is 6.01. The van der Waals surface area contributed by atoms with E-state index in [1.807, 2.05) is 0 Å². The van der Waals surface area contributed by atoms with Crippen molar-refractivity contribution in [1.82, 2.24) is 0 Å². The molecular weight excluding hydrogens is 266 g/mol. The number of aliphatic carboxylic acids is 1. The number of aliphatic hydroxyl groups excluding tert-OH is 1. The fourth-order valence-corrected chi connectivity index (χ4v) is 0.535. The number of carboxylic acid groups (broad SMARTS) is 1. The van der Waals surface area contributed by atoms with Crippen molar-refractivity contribution in [3.63, 3.8) is 0 Å². The zero-order valence-electron chi connectivity index (χ0n) is 8.92. The van der Waals surface area contributed by atoms with Crippen LogP contribution in [0.15, 0.2) is 0 Å². The zero-order valence-corrected chi connectivity index (χ0v) is 11.2. The van der Waals surface area contributed by atoms with Crippen LogP contribution in [0.25, 0.3) is 0 Å². The van der Waals surface area contributed by atoms with E-state index in [1.54, 1.807) is 20.8 Å². The molecular formula is C8H15Cl3O4. The topological polar surface area (TPSA) is 66.8 Å². The van der Waals surface area contributed by atoms with Crippen LogP contribution in [0.3, 0.4) is 0 Å². The molecule has 7 heteroatoms. The lowest BCUT2D eigenvalue weighted by Gasteiger charge is -2.27. The number of carbonyl (C=O) groups is 1. The zero-order chi connectivity index (χ0) is 12.9. The first-order chi connectivity index (χ1) is 6.36. The molecule has 0 aromatic carbocycles. The molecule has 1 unspecified atom stereocenters. The molecule has 15 heavy (non-hydrogen) atoms. The van der Waals surface area contributed by atoms with Gasteiger partial charge in [0.1, 0.15) is 0 Å². The highest BCUT2D eigenvalue weighted by Gasteiger charge is 2.34. The lowest BCUT2D eigenvalue weighted by atomic mass is 10.2. The molecule has 0 aliphatic heterocycles. The van der Waals surface area contributed by atoms with Crippen LogP contribution in [-0.2, 0) is 9.53 Å². The van der Waals surface area contributed by atoms with Crippen molar-refractivity contribution in [2.45, 2.75) is 43.4 Å². The number of rotatable bonds is 1. The van der Waals surface area contributed by atoms with E-state index < -0.39 is 21.7 Å². The molecule has 0 fully saturated rings. The minimum Gasteiger partial charge on any atom is -0.481 e. The van der Waals surface area contributed by atoms with E-state index in [1.165, 1.54) is 0 Å². The highest BCUT2D eigenvalue weighted by molar-refractivity contribution is 6.67. The lowest BCUT2D eigenvalue weighted by Crippen LogP contribution is -2.35. The predicted molar refractivity (Wildman–Crippen MR) is 60.4 cm³/mol. The fraction of sp³-hybridized carbons (Fsp3) is 0.875. The van der Waals surface area contributed by atoms with Gasteiger partial charge in [-0.2, -0.15) is 0 Å². The molecule has 0 aliphatic rings. The Balaban J connectivity index is 0. The first-order valence-electron chi connectivity index (χ1n) is 3.98. The Morgan fingerprint density at radius 1 is 1.27 bits per heavy atom. The summed E-state index contributed by atoms with van der Waals surface area (Å²) in [6.07, 6.45) is -1.40. The summed E-state index contributed by atoms with van der Waals surface area (Å²) in [5.74, 6) is -0.833. The summed E-state index contributed by atoms with van der Waals surface area (Å²) in [6, 6.07) is 0. The number of hydrogen-bond acceptors (Lipinski definition) is 3. The normalized spacial score (nSPS) is 13.9. The van der Waals surface area contributed by atoms with Gasteiger partial charge in [0.25, 0.3) is 5.97 Å². The van der Waals surface area contributed by atoms with E-state index in [0.717, 1.165) is 6.92 Å². The molecule has 92 valence electrons. The number of hydrogen-bond donors (Lipinski definition) is 2. The molecule has 0 radical (unpaired) electrons. The maximum absolute atomic E-state index is 9.10. The van der Waals surface area contributed by atoms with Crippen molar-refractivity contribution in [3.8, 4) is 0 Å². The molecule has 0 heterocycles. The fourth-order valence-electron chi connectivity index (χ4n) is 0.402. The monoisotopic (exact) mass is 280 g/mol. The number of carboxylic acids is 1. The molecule has 0 saturated carbocycles. The van der Waals surface area contributed by atoms with Gasteiger partial charge < -0.3 is 14.9 Å². The van der Waals surface area contributed by atoms with Gasteiger partial charge in [-0.1, -0.05) is 34.8 Å². The van der Waals surface area contributed by atoms with Crippen LogP contribution >= 0.6 is 34.8 Å². The van der Waals surface area contributed by atoms with Crippen LogP contribution in [0.4, 0.5) is 0 Å². The third-order valence-corrected chi connectivity index (χ3v) is 1.31. The number of ether oxygens (including phenoxy) is 1. The van der Waals surface area contributed by atoms with E-state index in [4.69, 9.17) is 54.5 Å². The summed E-state index contributed by atoms with van der Waals surface area (Å²) in [4.78, 5) is 9.00. The Labute approximate surface area is 104 Å². The average molecular weight is 282 g/mol. The minimum absolute atomic E-state index is 0.524. The van der Waals surface area contributed by atoms with Crippen molar-refractivity contribution >= 4 is 40.8 Å². The van der Waals surface area contributed by atoms with Gasteiger partial charge in [-0.3, -0.25) is 4.79 Å². The van der Waals surface area contributed by atoms with Crippen LogP contribution in [0, 0.1) is 0 Å². The summed E-state index contributed by atoms with van der Waals surface area (Å²) in [5.41, 5.74) is -0.524. The second-order valence-electron chi connectivity index (χ2n) is 3.64. The quantitative estimate of drug-likeness (QED) is 0.573. The SMILES string of the molecule is CC(=O)O.CC(C)(C)OC(O)C(Cl)(Cl)Cl. The van der Waals surface area contributed by atoms with Gasteiger partial charge in [-0.15, -0.1) is 0 Å². The first kappa shape index (κ1) is 17.6. The summed E-state index contributed by atoms with van der Waals surface area (Å²) in [6.45, 7) is 6.35. The third-order valence-electron chi connectivity index (χ3n) is 0.745. The van der Waals surface area contributed by atoms with Crippen molar-refractivity contribution < 1.29 is 19.7 Å². The van der Waals surface area contributed by atoms with Gasteiger partial charge in [-0.25, -0.2) is 0 Å². The van der Waals surface area contributed by atoms with E-state index in [9.17, 15) is 0 Å². The van der Waals surface area contributed by atoms with Crippen LogP contribution < -0.4 is 0 Å². The van der Waals surface area contributed by atoms with Crippen molar-refractivity contribution in [3.05, 3.63) is 0 Å². The Morgan fingerprint density at radius 3 is 1.60 bits per heavy atom. The molecule has 0 rings (SSSR count). The smallest absolute Gasteiger partial charge is 0.300 e. The average Bonchev–Trinajstić information content (AvgIpc) is 1.78. The molecule has 1 atom stereocenters. The second kappa shape index (κ2) is 6.76. The molecule has 2 N–H and O–H groups in total. The van der Waals surface area contributed by atoms with Crippen molar-refractivity contribution in [2.24, 2.45) is 0 Å². The highest BCUT2D eigenvalue weighted by Crippen LogP contribution is 2.32. The van der Waals surface area contributed by atoms with E-state index in [2.05, 4.69) is 0 Å². The molecule has 0 bridgehead atoms. The number of aliphatic hydroxyl groups is 1. The highest BCUT2D eigenvalue weighted by atomic mass is 35.6. The van der Waals surface area contributed by atoms with E-state index >= 15 is 0 Å². The summed E-state index contributed by atoms with van der Waals surface area (Å²) in [5, 5.41) is 16.5. The molecule has 0 aliphatic carbocycles. The third kappa shape index (κ3) is 16.9. The lowest BCUT2D eigenvalue weighted by molar-refractivity contribution is -0.162. The van der Waals surface area contributed by atoms with Crippen LogP contribution in [0.5, 0.6) is 0 Å². The summed E-state index contributed by atoms with van der Waals surface area (Å²) in [7, 11) is 0. The maximum atomic E-state index is 9.10. The Bertz CT molecular complexity index is 191. The minimum atomic E-state index is -1.78. The standard InChI is InChI=1S/C6H11Cl3O2.C2H4O2/c1-5(2,3)11-4(10)6(7,8)9;1-2(3)4/h4,10H,1-3H3;1H3,(H,3,4). The van der Waals surface area contributed by atoms with Crippen LogP contribution in [-0.4, -0.2) is 31.9 Å². The molecule has 0 aromatic rings. The summed E-state index contributed by atoms with van der Waals surface area (Å²) < 4.78 is 3.18. The Hall–Kier alpha value is 0.260.